The van der Waals surface area contributed by atoms with Gasteiger partial charge in [-0.3, -0.25) is 5.84 Å². The number of nitrogens with two attached hydrogens (primary N) is 1. The first-order chi connectivity index (χ1) is 9.06. The lowest BCUT2D eigenvalue weighted by atomic mass is 9.99. The molecule has 2 aromatic carbocycles. The van der Waals surface area contributed by atoms with E-state index in [1.807, 2.05) is 43.4 Å². The summed E-state index contributed by atoms with van der Waals surface area (Å²) in [6.07, 6.45) is 0.848. The van der Waals surface area contributed by atoms with E-state index in [9.17, 15) is 0 Å². The minimum Gasteiger partial charge on any atom is -0.268 e. The largest absolute Gasteiger partial charge is 0.268 e. The molecule has 0 saturated heterocycles. The molecule has 0 aliphatic heterocycles. The topological polar surface area (TPSA) is 29.3 Å². The standard InChI is InChI=1S/C15H16BrClN2/c1-19(18)15(12-3-2-4-13(16)10-12)9-11-5-7-14(17)8-6-11/h2-8,10,15H,9,18H2,1H3. The SMILES string of the molecule is CN(N)C(Cc1ccc(Cl)cc1)c1cccc(Br)c1. The molecule has 2 aromatic rings. The summed E-state index contributed by atoms with van der Waals surface area (Å²) in [7, 11) is 1.89. The zero-order valence-electron chi connectivity index (χ0n) is 10.7. The molecule has 0 bridgehead atoms. The summed E-state index contributed by atoms with van der Waals surface area (Å²) < 4.78 is 1.06. The first-order valence-electron chi connectivity index (χ1n) is 6.03. The molecular weight excluding hydrogens is 324 g/mol. The Balaban J connectivity index is 2.23. The number of rotatable bonds is 4. The van der Waals surface area contributed by atoms with E-state index in [0.717, 1.165) is 15.9 Å². The lowest BCUT2D eigenvalue weighted by Crippen LogP contribution is -2.32. The first kappa shape index (κ1) is 14.5. The molecule has 100 valence electrons. The van der Waals surface area contributed by atoms with Crippen molar-refractivity contribution in [3.05, 3.63) is 69.2 Å². The molecule has 0 spiro atoms. The number of halogens is 2. The van der Waals surface area contributed by atoms with E-state index < -0.39 is 0 Å². The maximum absolute atomic E-state index is 5.99. The van der Waals surface area contributed by atoms with Gasteiger partial charge in [-0.2, -0.15) is 0 Å². The summed E-state index contributed by atoms with van der Waals surface area (Å²) in [5.74, 6) is 5.99. The second-order valence-corrected chi connectivity index (χ2v) is 5.92. The molecule has 0 fully saturated rings. The van der Waals surface area contributed by atoms with Crippen LogP contribution in [0.1, 0.15) is 17.2 Å². The van der Waals surface area contributed by atoms with Crippen LogP contribution in [0.2, 0.25) is 5.02 Å². The Morgan fingerprint density at radius 3 is 2.47 bits per heavy atom. The van der Waals surface area contributed by atoms with Gasteiger partial charge in [0.25, 0.3) is 0 Å². The van der Waals surface area contributed by atoms with Gasteiger partial charge < -0.3 is 0 Å². The predicted molar refractivity (Wildman–Crippen MR) is 84.0 cm³/mol. The highest BCUT2D eigenvalue weighted by molar-refractivity contribution is 9.10. The number of nitrogens with zero attached hydrogens (tertiary/aromatic N) is 1. The zero-order chi connectivity index (χ0) is 13.8. The van der Waals surface area contributed by atoms with Crippen LogP contribution in [0, 0.1) is 0 Å². The van der Waals surface area contributed by atoms with Gasteiger partial charge in [-0.15, -0.1) is 0 Å². The third-order valence-corrected chi connectivity index (χ3v) is 3.81. The Kier molecular flexibility index (Phi) is 4.99. The number of hydrogen-bond acceptors (Lipinski definition) is 2. The van der Waals surface area contributed by atoms with Crippen LogP contribution < -0.4 is 5.84 Å². The molecule has 0 heterocycles. The summed E-state index contributed by atoms with van der Waals surface area (Å²) in [6.45, 7) is 0. The monoisotopic (exact) mass is 338 g/mol. The van der Waals surface area contributed by atoms with Gasteiger partial charge in [-0.25, -0.2) is 5.01 Å². The summed E-state index contributed by atoms with van der Waals surface area (Å²) >= 11 is 9.40. The quantitative estimate of drug-likeness (QED) is 0.668. The predicted octanol–water partition coefficient (Wildman–Crippen LogP) is 4.19. The highest BCUT2D eigenvalue weighted by Crippen LogP contribution is 2.25. The Morgan fingerprint density at radius 1 is 1.21 bits per heavy atom. The molecule has 0 amide bonds. The van der Waals surface area contributed by atoms with Gasteiger partial charge in [0.2, 0.25) is 0 Å². The van der Waals surface area contributed by atoms with E-state index in [-0.39, 0.29) is 6.04 Å². The summed E-state index contributed by atoms with van der Waals surface area (Å²) in [6, 6.07) is 16.3. The van der Waals surface area contributed by atoms with Crippen molar-refractivity contribution in [3.8, 4) is 0 Å². The average Bonchev–Trinajstić information content (AvgIpc) is 2.37. The van der Waals surface area contributed by atoms with Crippen LogP contribution in [0.25, 0.3) is 0 Å². The van der Waals surface area contributed by atoms with Crippen LogP contribution in [-0.4, -0.2) is 12.1 Å². The minimum absolute atomic E-state index is 0.138. The van der Waals surface area contributed by atoms with Crippen LogP contribution in [0.4, 0.5) is 0 Å². The molecule has 1 atom stereocenters. The molecular formula is C15H16BrClN2. The average molecular weight is 340 g/mol. The van der Waals surface area contributed by atoms with Gasteiger partial charge in [-0.1, -0.05) is 51.8 Å². The summed E-state index contributed by atoms with van der Waals surface area (Å²) in [5.41, 5.74) is 2.40. The molecule has 0 aliphatic rings. The van der Waals surface area contributed by atoms with Gasteiger partial charge in [-0.05, 0) is 41.8 Å². The van der Waals surface area contributed by atoms with Gasteiger partial charge in [0, 0.05) is 16.5 Å². The maximum Gasteiger partial charge on any atom is 0.0528 e. The van der Waals surface area contributed by atoms with Crippen molar-refractivity contribution in [2.24, 2.45) is 5.84 Å². The first-order valence-corrected chi connectivity index (χ1v) is 7.21. The molecule has 4 heteroatoms. The van der Waals surface area contributed by atoms with E-state index >= 15 is 0 Å². The zero-order valence-corrected chi connectivity index (χ0v) is 13.0. The van der Waals surface area contributed by atoms with Crippen molar-refractivity contribution in [1.29, 1.82) is 0 Å². The summed E-state index contributed by atoms with van der Waals surface area (Å²) in [5, 5.41) is 2.50. The minimum atomic E-state index is 0.138. The van der Waals surface area contributed by atoms with E-state index in [1.54, 1.807) is 5.01 Å². The fraction of sp³-hybridized carbons (Fsp3) is 0.200. The van der Waals surface area contributed by atoms with Crippen LogP contribution >= 0.6 is 27.5 Å². The van der Waals surface area contributed by atoms with Crippen molar-refractivity contribution in [2.75, 3.05) is 7.05 Å². The summed E-state index contributed by atoms with van der Waals surface area (Å²) in [4.78, 5) is 0. The molecule has 0 aromatic heterocycles. The fourth-order valence-corrected chi connectivity index (χ4v) is 2.60. The van der Waals surface area contributed by atoms with Crippen LogP contribution in [0.5, 0.6) is 0 Å². The van der Waals surface area contributed by atoms with Crippen LogP contribution in [0.3, 0.4) is 0 Å². The molecule has 2 N–H and O–H groups in total. The van der Waals surface area contributed by atoms with Gasteiger partial charge in [0.1, 0.15) is 0 Å². The Labute approximate surface area is 127 Å². The van der Waals surface area contributed by atoms with Gasteiger partial charge in [0.05, 0.1) is 6.04 Å². The van der Waals surface area contributed by atoms with E-state index in [0.29, 0.717) is 0 Å². The molecule has 1 unspecified atom stereocenters. The van der Waals surface area contributed by atoms with Crippen molar-refractivity contribution < 1.29 is 0 Å². The Morgan fingerprint density at radius 2 is 1.89 bits per heavy atom. The molecule has 2 rings (SSSR count). The Bertz CT molecular complexity index is 540. The third-order valence-electron chi connectivity index (χ3n) is 3.07. The second kappa shape index (κ2) is 6.53. The van der Waals surface area contributed by atoms with Gasteiger partial charge in [0.15, 0.2) is 0 Å². The highest BCUT2D eigenvalue weighted by Gasteiger charge is 2.15. The maximum atomic E-state index is 5.99. The fourth-order valence-electron chi connectivity index (χ4n) is 2.05. The molecule has 0 radical (unpaired) electrons. The molecule has 0 saturated carbocycles. The number of likely N-dealkylation sites (N-methyl/N-ethyl adjacent to an activating group) is 1. The van der Waals surface area contributed by atoms with Crippen LogP contribution in [0.15, 0.2) is 53.0 Å². The number of benzene rings is 2. The highest BCUT2D eigenvalue weighted by atomic mass is 79.9. The van der Waals surface area contributed by atoms with E-state index in [4.69, 9.17) is 17.4 Å². The van der Waals surface area contributed by atoms with Crippen molar-refractivity contribution in [1.82, 2.24) is 5.01 Å². The Hall–Kier alpha value is -0.870. The third kappa shape index (κ3) is 4.05. The van der Waals surface area contributed by atoms with Crippen molar-refractivity contribution >= 4 is 27.5 Å². The number of hydrazine groups is 1. The molecule has 19 heavy (non-hydrogen) atoms. The lowest BCUT2D eigenvalue weighted by Gasteiger charge is -2.24. The smallest absolute Gasteiger partial charge is 0.0528 e. The normalized spacial score (nSPS) is 12.7. The van der Waals surface area contributed by atoms with E-state index in [1.165, 1.54) is 11.1 Å². The second-order valence-electron chi connectivity index (χ2n) is 4.57. The van der Waals surface area contributed by atoms with Gasteiger partial charge >= 0.3 is 0 Å². The number of hydrogen-bond donors (Lipinski definition) is 1. The van der Waals surface area contributed by atoms with Crippen molar-refractivity contribution in [2.45, 2.75) is 12.5 Å². The van der Waals surface area contributed by atoms with E-state index in [2.05, 4.69) is 28.1 Å². The molecule has 0 aliphatic carbocycles. The van der Waals surface area contributed by atoms with Crippen molar-refractivity contribution in [3.63, 3.8) is 0 Å². The lowest BCUT2D eigenvalue weighted by molar-refractivity contribution is 0.250. The molecule has 2 nitrogen and oxygen atoms in total. The van der Waals surface area contributed by atoms with Crippen LogP contribution in [-0.2, 0) is 6.42 Å².